The highest BCUT2D eigenvalue weighted by Gasteiger charge is 2.47. The molecule has 2 aromatic carbocycles. The fourth-order valence-electron chi connectivity index (χ4n) is 3.75. The molecule has 1 aliphatic rings. The van der Waals surface area contributed by atoms with Gasteiger partial charge in [-0.2, -0.15) is 0 Å². The van der Waals surface area contributed by atoms with Crippen molar-refractivity contribution in [3.63, 3.8) is 0 Å². The first-order valence-electron chi connectivity index (χ1n) is 10.1. The molecule has 1 unspecified atom stereocenters. The summed E-state index contributed by atoms with van der Waals surface area (Å²) in [5, 5.41) is 11.0. The molecule has 0 aliphatic carbocycles. The minimum atomic E-state index is -0.819. The predicted molar refractivity (Wildman–Crippen MR) is 115 cm³/mol. The summed E-state index contributed by atoms with van der Waals surface area (Å²) < 4.78 is 11.2. The number of hydrogen-bond donors (Lipinski definition) is 1. The van der Waals surface area contributed by atoms with Crippen molar-refractivity contribution in [3.8, 4) is 5.75 Å². The Morgan fingerprint density at radius 1 is 1.03 bits per heavy atom. The van der Waals surface area contributed by atoms with Gasteiger partial charge in [-0.25, -0.2) is 0 Å². The number of carbonyl (C=O) groups is 2. The summed E-state index contributed by atoms with van der Waals surface area (Å²) in [5.74, 6) is 0.0936. The van der Waals surface area contributed by atoms with Gasteiger partial charge in [0, 0.05) is 12.1 Å². The molecular formula is C25H23NO5. The van der Waals surface area contributed by atoms with Crippen LogP contribution in [0.25, 0.3) is 5.76 Å². The number of benzene rings is 2. The maximum absolute atomic E-state index is 13.0. The van der Waals surface area contributed by atoms with Crippen LogP contribution in [0, 0.1) is 6.92 Å². The van der Waals surface area contributed by atoms with Gasteiger partial charge in [0.25, 0.3) is 11.7 Å². The summed E-state index contributed by atoms with van der Waals surface area (Å²) in [5.41, 5.74) is 1.31. The van der Waals surface area contributed by atoms with Gasteiger partial charge < -0.3 is 19.2 Å². The zero-order valence-corrected chi connectivity index (χ0v) is 17.4. The predicted octanol–water partition coefficient (Wildman–Crippen LogP) is 4.61. The molecule has 6 heteroatoms. The van der Waals surface area contributed by atoms with Crippen molar-refractivity contribution in [2.45, 2.75) is 26.4 Å². The zero-order valence-electron chi connectivity index (χ0n) is 17.4. The molecule has 0 spiro atoms. The highest BCUT2D eigenvalue weighted by Crippen LogP contribution is 2.41. The van der Waals surface area contributed by atoms with E-state index >= 15 is 0 Å². The first-order chi connectivity index (χ1) is 15.0. The lowest BCUT2D eigenvalue weighted by Gasteiger charge is -2.23. The summed E-state index contributed by atoms with van der Waals surface area (Å²) in [6, 6.07) is 18.8. The van der Waals surface area contributed by atoms with E-state index in [0.29, 0.717) is 29.4 Å². The van der Waals surface area contributed by atoms with E-state index in [9.17, 15) is 14.7 Å². The summed E-state index contributed by atoms with van der Waals surface area (Å²) in [4.78, 5) is 27.4. The van der Waals surface area contributed by atoms with Crippen molar-refractivity contribution in [2.75, 3.05) is 6.61 Å². The Bertz CT molecular complexity index is 1130. The Balaban J connectivity index is 1.80. The number of nitrogens with zero attached hydrogens (tertiary/aromatic N) is 1. The quantitative estimate of drug-likeness (QED) is 0.360. The number of aliphatic hydroxyl groups is 1. The molecule has 1 N–H and O–H groups in total. The number of amides is 1. The van der Waals surface area contributed by atoms with Gasteiger partial charge in [0.1, 0.15) is 29.1 Å². The topological polar surface area (TPSA) is 80.0 Å². The van der Waals surface area contributed by atoms with Gasteiger partial charge in [-0.3, -0.25) is 9.59 Å². The summed E-state index contributed by atoms with van der Waals surface area (Å²) in [7, 11) is 0. The molecule has 4 rings (SSSR count). The first-order valence-corrected chi connectivity index (χ1v) is 10.1. The second kappa shape index (κ2) is 8.52. The molecular weight excluding hydrogens is 394 g/mol. The fraction of sp³-hybridized carbons (Fsp3) is 0.200. The fourth-order valence-corrected chi connectivity index (χ4v) is 3.75. The molecule has 31 heavy (non-hydrogen) atoms. The van der Waals surface area contributed by atoms with Crippen LogP contribution in [-0.2, 0) is 16.1 Å². The van der Waals surface area contributed by atoms with E-state index in [-0.39, 0.29) is 17.9 Å². The number of furan rings is 1. The molecule has 158 valence electrons. The molecule has 1 saturated heterocycles. The molecule has 0 saturated carbocycles. The van der Waals surface area contributed by atoms with Gasteiger partial charge in [-0.1, -0.05) is 30.3 Å². The molecule has 1 amide bonds. The number of hydrogen-bond acceptors (Lipinski definition) is 5. The lowest BCUT2D eigenvalue weighted by molar-refractivity contribution is -0.140. The van der Waals surface area contributed by atoms with E-state index in [0.717, 1.165) is 5.56 Å². The third kappa shape index (κ3) is 3.97. The van der Waals surface area contributed by atoms with Crippen LogP contribution in [0.15, 0.2) is 76.7 Å². The minimum Gasteiger partial charge on any atom is -0.507 e. The molecule has 0 bridgehead atoms. The number of Topliss-reactive ketones (excluding diaryl/α,β-unsaturated/α-hetero) is 1. The van der Waals surface area contributed by atoms with E-state index < -0.39 is 17.7 Å². The van der Waals surface area contributed by atoms with Crippen molar-refractivity contribution in [1.29, 1.82) is 0 Å². The SMILES string of the molecule is CCOc1ccc(/C(O)=C2\C(=O)C(=O)N(Cc3ccccc3)C2c2ccc(C)o2)cc1. The van der Waals surface area contributed by atoms with E-state index in [4.69, 9.17) is 9.15 Å². The van der Waals surface area contributed by atoms with Crippen LogP contribution in [0.5, 0.6) is 5.75 Å². The molecule has 1 aliphatic heterocycles. The molecule has 1 atom stereocenters. The van der Waals surface area contributed by atoms with Crippen molar-refractivity contribution in [2.24, 2.45) is 0 Å². The average molecular weight is 417 g/mol. The second-order valence-corrected chi connectivity index (χ2v) is 7.32. The third-order valence-corrected chi connectivity index (χ3v) is 5.21. The van der Waals surface area contributed by atoms with Crippen molar-refractivity contribution >= 4 is 17.4 Å². The highest BCUT2D eigenvalue weighted by atomic mass is 16.5. The number of carbonyl (C=O) groups excluding carboxylic acids is 2. The van der Waals surface area contributed by atoms with Crippen LogP contribution < -0.4 is 4.74 Å². The summed E-state index contributed by atoms with van der Waals surface area (Å²) >= 11 is 0. The molecule has 1 aromatic heterocycles. The van der Waals surface area contributed by atoms with Gasteiger partial charge in [0.15, 0.2) is 0 Å². The normalized spacial score (nSPS) is 17.9. The van der Waals surface area contributed by atoms with Crippen LogP contribution in [0.1, 0.15) is 35.6 Å². The number of aryl methyl sites for hydroxylation is 1. The molecule has 0 radical (unpaired) electrons. The van der Waals surface area contributed by atoms with E-state index in [2.05, 4.69) is 0 Å². The Hall–Kier alpha value is -3.80. The van der Waals surface area contributed by atoms with Gasteiger partial charge in [0.2, 0.25) is 0 Å². The lowest BCUT2D eigenvalue weighted by Crippen LogP contribution is -2.29. The lowest BCUT2D eigenvalue weighted by atomic mass is 9.99. The van der Waals surface area contributed by atoms with Crippen LogP contribution >= 0.6 is 0 Å². The van der Waals surface area contributed by atoms with Crippen molar-refractivity contribution < 1.29 is 23.8 Å². The van der Waals surface area contributed by atoms with E-state index in [1.807, 2.05) is 37.3 Å². The molecule has 6 nitrogen and oxygen atoms in total. The van der Waals surface area contributed by atoms with Crippen LogP contribution in [0.3, 0.4) is 0 Å². The average Bonchev–Trinajstić information content (AvgIpc) is 3.31. The van der Waals surface area contributed by atoms with E-state index in [1.54, 1.807) is 43.3 Å². The number of aliphatic hydroxyl groups excluding tert-OH is 1. The van der Waals surface area contributed by atoms with Gasteiger partial charge in [-0.15, -0.1) is 0 Å². The summed E-state index contributed by atoms with van der Waals surface area (Å²) in [6.07, 6.45) is 0. The van der Waals surface area contributed by atoms with Gasteiger partial charge in [0.05, 0.1) is 12.2 Å². The number of ketones is 1. The molecule has 1 fully saturated rings. The smallest absolute Gasteiger partial charge is 0.296 e. The second-order valence-electron chi connectivity index (χ2n) is 7.32. The Morgan fingerprint density at radius 2 is 1.74 bits per heavy atom. The summed E-state index contributed by atoms with van der Waals surface area (Å²) in [6.45, 7) is 4.41. The number of likely N-dealkylation sites (tertiary alicyclic amines) is 1. The standard InChI is InChI=1S/C25H23NO5/c1-3-30-19-12-10-18(11-13-19)23(27)21-22(20-14-9-16(2)31-20)26(25(29)24(21)28)15-17-7-5-4-6-8-17/h4-14,22,27H,3,15H2,1-2H3/b23-21+. The zero-order chi connectivity index (χ0) is 22.0. The molecule has 3 aromatic rings. The van der Waals surface area contributed by atoms with Crippen LogP contribution in [0.2, 0.25) is 0 Å². The maximum Gasteiger partial charge on any atom is 0.296 e. The highest BCUT2D eigenvalue weighted by molar-refractivity contribution is 6.46. The van der Waals surface area contributed by atoms with Crippen LogP contribution in [0.4, 0.5) is 0 Å². The van der Waals surface area contributed by atoms with Crippen LogP contribution in [-0.4, -0.2) is 28.3 Å². The van der Waals surface area contributed by atoms with Gasteiger partial charge >= 0.3 is 0 Å². The van der Waals surface area contributed by atoms with Gasteiger partial charge in [-0.05, 0) is 55.8 Å². The minimum absolute atomic E-state index is 0.0134. The Kier molecular flexibility index (Phi) is 5.62. The largest absolute Gasteiger partial charge is 0.507 e. The van der Waals surface area contributed by atoms with Crippen molar-refractivity contribution in [3.05, 3.63) is 95.0 Å². The van der Waals surface area contributed by atoms with E-state index in [1.165, 1.54) is 4.90 Å². The maximum atomic E-state index is 13.0. The third-order valence-electron chi connectivity index (χ3n) is 5.21. The Labute approximate surface area is 180 Å². The monoisotopic (exact) mass is 417 g/mol. The Morgan fingerprint density at radius 3 is 2.35 bits per heavy atom. The number of rotatable bonds is 6. The molecule has 2 heterocycles. The van der Waals surface area contributed by atoms with Crippen molar-refractivity contribution in [1.82, 2.24) is 4.90 Å². The number of ether oxygens (including phenoxy) is 1. The first kappa shape index (κ1) is 20.5.